The first-order valence-corrected chi connectivity index (χ1v) is 6.25. The quantitative estimate of drug-likeness (QED) is 0.938. The number of nitrogens with one attached hydrogen (secondary N) is 1. The first-order chi connectivity index (χ1) is 10.1. The minimum Gasteiger partial charge on any atom is -0.496 e. The molecule has 0 atom stereocenters. The Kier molecular flexibility index (Phi) is 4.52. The van der Waals surface area contributed by atoms with Crippen LogP contribution in [0.3, 0.4) is 0 Å². The summed E-state index contributed by atoms with van der Waals surface area (Å²) in [5, 5.41) is 11.5. The van der Waals surface area contributed by atoms with Crippen LogP contribution in [0.5, 0.6) is 5.75 Å². The van der Waals surface area contributed by atoms with Crippen molar-refractivity contribution in [1.29, 1.82) is 5.26 Å². The molecule has 0 bridgehead atoms. The van der Waals surface area contributed by atoms with Gasteiger partial charge in [-0.25, -0.2) is 4.39 Å². The number of nitriles is 1. The van der Waals surface area contributed by atoms with E-state index in [1.54, 1.807) is 24.3 Å². The van der Waals surface area contributed by atoms with Gasteiger partial charge in [-0.1, -0.05) is 12.1 Å². The van der Waals surface area contributed by atoms with Crippen molar-refractivity contribution in [1.82, 2.24) is 5.32 Å². The van der Waals surface area contributed by atoms with E-state index in [0.717, 1.165) is 11.6 Å². The number of rotatable bonds is 4. The highest BCUT2D eigenvalue weighted by molar-refractivity contribution is 5.96. The van der Waals surface area contributed by atoms with E-state index in [9.17, 15) is 9.18 Å². The number of hydrogen-bond acceptors (Lipinski definition) is 3. The van der Waals surface area contributed by atoms with Crippen molar-refractivity contribution in [2.75, 3.05) is 7.11 Å². The summed E-state index contributed by atoms with van der Waals surface area (Å²) in [6.07, 6.45) is 0. The van der Waals surface area contributed by atoms with Gasteiger partial charge in [-0.3, -0.25) is 4.79 Å². The number of carbonyl (C=O) groups excluding carboxylic acids is 1. The maximum atomic E-state index is 13.2. The third-order valence-corrected chi connectivity index (χ3v) is 2.92. The van der Waals surface area contributed by atoms with Crippen molar-refractivity contribution in [2.45, 2.75) is 6.54 Å². The number of benzene rings is 2. The van der Waals surface area contributed by atoms with Crippen molar-refractivity contribution < 1.29 is 13.9 Å². The highest BCUT2D eigenvalue weighted by Crippen LogP contribution is 2.19. The van der Waals surface area contributed by atoms with E-state index in [1.165, 1.54) is 19.2 Å². The molecule has 0 aliphatic rings. The zero-order valence-corrected chi connectivity index (χ0v) is 11.4. The van der Waals surface area contributed by atoms with Crippen molar-refractivity contribution >= 4 is 5.91 Å². The summed E-state index contributed by atoms with van der Waals surface area (Å²) in [5.41, 5.74) is 1.44. The molecule has 0 heterocycles. The smallest absolute Gasteiger partial charge is 0.255 e. The standard InChI is InChI=1S/C16H13FN2O2/c1-21-15-6-5-13(17)8-14(15)16(20)19-10-12-4-2-3-11(7-12)9-18/h2-8H,10H2,1H3,(H,19,20). The van der Waals surface area contributed by atoms with Crippen LogP contribution in [-0.4, -0.2) is 13.0 Å². The third kappa shape index (κ3) is 3.57. The Morgan fingerprint density at radius 3 is 2.86 bits per heavy atom. The SMILES string of the molecule is COc1ccc(F)cc1C(=O)NCc1cccc(C#N)c1. The van der Waals surface area contributed by atoms with Crippen LogP contribution < -0.4 is 10.1 Å². The second kappa shape index (κ2) is 6.53. The van der Waals surface area contributed by atoms with Crippen molar-refractivity contribution in [2.24, 2.45) is 0 Å². The molecule has 0 aliphatic heterocycles. The Hall–Kier alpha value is -2.87. The molecule has 0 aromatic heterocycles. The van der Waals surface area contributed by atoms with Crippen LogP contribution in [0.15, 0.2) is 42.5 Å². The molecule has 21 heavy (non-hydrogen) atoms. The number of nitrogens with zero attached hydrogens (tertiary/aromatic N) is 1. The van der Waals surface area contributed by atoms with Gasteiger partial charge in [-0.2, -0.15) is 5.26 Å². The fourth-order valence-corrected chi connectivity index (χ4v) is 1.89. The number of ether oxygens (including phenoxy) is 1. The van der Waals surface area contributed by atoms with Crippen LogP contribution in [0.2, 0.25) is 0 Å². The Morgan fingerprint density at radius 1 is 1.33 bits per heavy atom. The first kappa shape index (κ1) is 14.5. The molecule has 5 heteroatoms. The zero-order valence-electron chi connectivity index (χ0n) is 11.4. The molecular formula is C16H13FN2O2. The second-order valence-electron chi connectivity index (χ2n) is 4.34. The highest BCUT2D eigenvalue weighted by Gasteiger charge is 2.13. The van der Waals surface area contributed by atoms with Gasteiger partial charge in [0, 0.05) is 6.54 Å². The number of halogens is 1. The molecule has 1 N–H and O–H groups in total. The topological polar surface area (TPSA) is 62.1 Å². The van der Waals surface area contributed by atoms with Crippen LogP contribution in [-0.2, 0) is 6.54 Å². The van der Waals surface area contributed by atoms with Gasteiger partial charge in [0.1, 0.15) is 11.6 Å². The summed E-state index contributed by atoms with van der Waals surface area (Å²) in [6, 6.07) is 12.7. The van der Waals surface area contributed by atoms with Gasteiger partial charge in [0.05, 0.1) is 24.3 Å². The lowest BCUT2D eigenvalue weighted by molar-refractivity contribution is 0.0947. The molecule has 0 spiro atoms. The predicted molar refractivity (Wildman–Crippen MR) is 75.3 cm³/mol. The van der Waals surface area contributed by atoms with Crippen LogP contribution >= 0.6 is 0 Å². The minimum absolute atomic E-state index is 0.133. The highest BCUT2D eigenvalue weighted by atomic mass is 19.1. The fraction of sp³-hybridized carbons (Fsp3) is 0.125. The van der Waals surface area contributed by atoms with E-state index in [-0.39, 0.29) is 12.1 Å². The molecule has 106 valence electrons. The van der Waals surface area contributed by atoms with Gasteiger partial charge in [0.15, 0.2) is 0 Å². The molecule has 0 saturated carbocycles. The van der Waals surface area contributed by atoms with E-state index in [1.807, 2.05) is 6.07 Å². The van der Waals surface area contributed by atoms with Crippen molar-refractivity contribution in [3.8, 4) is 11.8 Å². The first-order valence-electron chi connectivity index (χ1n) is 6.25. The van der Waals surface area contributed by atoms with Gasteiger partial charge >= 0.3 is 0 Å². The van der Waals surface area contributed by atoms with Crippen LogP contribution in [0.4, 0.5) is 4.39 Å². The molecule has 0 radical (unpaired) electrons. The number of methoxy groups -OCH3 is 1. The van der Waals surface area contributed by atoms with E-state index in [0.29, 0.717) is 11.3 Å². The molecule has 0 unspecified atom stereocenters. The summed E-state index contributed by atoms with van der Waals surface area (Å²) < 4.78 is 18.3. The molecule has 4 nitrogen and oxygen atoms in total. The molecule has 1 amide bonds. The molecule has 2 aromatic carbocycles. The summed E-state index contributed by atoms with van der Waals surface area (Å²) in [7, 11) is 1.42. The lowest BCUT2D eigenvalue weighted by atomic mass is 10.1. The summed E-state index contributed by atoms with van der Waals surface area (Å²) in [6.45, 7) is 0.244. The van der Waals surface area contributed by atoms with E-state index in [2.05, 4.69) is 5.32 Å². The monoisotopic (exact) mass is 284 g/mol. The van der Waals surface area contributed by atoms with Crippen molar-refractivity contribution in [3.05, 3.63) is 65.0 Å². The zero-order chi connectivity index (χ0) is 15.2. The molecule has 2 aromatic rings. The van der Waals surface area contributed by atoms with Crippen molar-refractivity contribution in [3.63, 3.8) is 0 Å². The van der Waals surface area contributed by atoms with Crippen LogP contribution in [0.1, 0.15) is 21.5 Å². The van der Waals surface area contributed by atoms with Gasteiger partial charge in [0.25, 0.3) is 5.91 Å². The van der Waals surface area contributed by atoms with Gasteiger partial charge in [-0.15, -0.1) is 0 Å². The second-order valence-corrected chi connectivity index (χ2v) is 4.34. The average Bonchev–Trinajstić information content (AvgIpc) is 2.52. The summed E-state index contributed by atoms with van der Waals surface area (Å²) >= 11 is 0. The molecule has 0 fully saturated rings. The Balaban J connectivity index is 2.11. The largest absolute Gasteiger partial charge is 0.496 e. The normalized spacial score (nSPS) is 9.76. The third-order valence-electron chi connectivity index (χ3n) is 2.92. The number of hydrogen-bond donors (Lipinski definition) is 1. The number of carbonyl (C=O) groups is 1. The Morgan fingerprint density at radius 2 is 2.14 bits per heavy atom. The predicted octanol–water partition coefficient (Wildman–Crippen LogP) is 2.64. The van der Waals surface area contributed by atoms with E-state index < -0.39 is 11.7 Å². The Bertz CT molecular complexity index is 708. The van der Waals surface area contributed by atoms with E-state index in [4.69, 9.17) is 10.00 Å². The van der Waals surface area contributed by atoms with Gasteiger partial charge < -0.3 is 10.1 Å². The average molecular weight is 284 g/mol. The lowest BCUT2D eigenvalue weighted by Crippen LogP contribution is -2.23. The Labute approximate surface area is 121 Å². The maximum Gasteiger partial charge on any atom is 0.255 e. The van der Waals surface area contributed by atoms with Gasteiger partial charge in [0.2, 0.25) is 0 Å². The molecule has 0 saturated heterocycles. The number of amides is 1. The van der Waals surface area contributed by atoms with Gasteiger partial charge in [-0.05, 0) is 35.9 Å². The minimum atomic E-state index is -0.507. The molecular weight excluding hydrogens is 271 g/mol. The van der Waals surface area contributed by atoms with Crippen LogP contribution in [0.25, 0.3) is 0 Å². The maximum absolute atomic E-state index is 13.2. The molecule has 0 aliphatic carbocycles. The lowest BCUT2D eigenvalue weighted by Gasteiger charge is -2.09. The summed E-state index contributed by atoms with van der Waals surface area (Å²) in [4.78, 5) is 12.1. The van der Waals surface area contributed by atoms with Crippen LogP contribution in [0, 0.1) is 17.1 Å². The summed E-state index contributed by atoms with van der Waals surface area (Å²) in [5.74, 6) is -0.638. The van der Waals surface area contributed by atoms with E-state index >= 15 is 0 Å². The fourth-order valence-electron chi connectivity index (χ4n) is 1.89. The molecule has 2 rings (SSSR count).